The Morgan fingerprint density at radius 1 is 1.08 bits per heavy atom. The van der Waals surface area contributed by atoms with E-state index in [1.165, 1.54) is 6.07 Å². The Kier molecular flexibility index (Phi) is 4.99. The van der Waals surface area contributed by atoms with E-state index in [0.29, 0.717) is 16.7 Å². The van der Waals surface area contributed by atoms with Gasteiger partial charge in [-0.25, -0.2) is 0 Å². The maximum atomic E-state index is 12.6. The normalized spacial score (nSPS) is 17.6. The number of carbonyl (C=O) groups excluding carboxylic acids is 1. The van der Waals surface area contributed by atoms with Crippen molar-refractivity contribution in [3.8, 4) is 0 Å². The minimum absolute atomic E-state index is 0. The zero-order chi connectivity index (χ0) is 16.7. The van der Waals surface area contributed by atoms with Crippen LogP contribution >= 0.6 is 0 Å². The van der Waals surface area contributed by atoms with Gasteiger partial charge >= 0.3 is 29.6 Å². The van der Waals surface area contributed by atoms with E-state index in [1.807, 2.05) is 0 Å². The number of allylic oxidation sites excluding steroid dienone is 2. The van der Waals surface area contributed by atoms with Crippen molar-refractivity contribution >= 4 is 22.3 Å². The van der Waals surface area contributed by atoms with Crippen LogP contribution in [0.5, 0.6) is 0 Å². The van der Waals surface area contributed by atoms with Crippen LogP contribution in [0.3, 0.4) is 0 Å². The van der Waals surface area contributed by atoms with Gasteiger partial charge in [0.1, 0.15) is 11.5 Å². The molecule has 0 aliphatic heterocycles. The maximum Gasteiger partial charge on any atom is 1.00 e. The Morgan fingerprint density at radius 3 is 2.60 bits per heavy atom. The van der Waals surface area contributed by atoms with Gasteiger partial charge in [-0.3, -0.25) is 9.59 Å². The molecule has 0 bridgehead atoms. The number of aliphatic hydroxyl groups excluding tert-OH is 1. The van der Waals surface area contributed by atoms with Gasteiger partial charge in [-0.15, -0.1) is 11.2 Å². The van der Waals surface area contributed by atoms with Crippen molar-refractivity contribution in [3.05, 3.63) is 76.2 Å². The summed E-state index contributed by atoms with van der Waals surface area (Å²) in [5.74, 6) is 0.200. The van der Waals surface area contributed by atoms with E-state index in [2.05, 4.69) is 4.98 Å². The molecular formula is C19H14NNaO4. The predicted octanol–water partition coefficient (Wildman–Crippen LogP) is 0.170. The Balaban J connectivity index is 0.00000182. The van der Waals surface area contributed by atoms with Crippen LogP contribution in [0.4, 0.5) is 0 Å². The van der Waals surface area contributed by atoms with Crippen molar-refractivity contribution in [2.45, 2.75) is 18.8 Å². The van der Waals surface area contributed by atoms with Crippen LogP contribution in [-0.4, -0.2) is 10.9 Å². The number of ketones is 1. The smallest absolute Gasteiger partial charge is 0.656 e. The summed E-state index contributed by atoms with van der Waals surface area (Å²) in [6.45, 7) is 0. The van der Waals surface area contributed by atoms with Crippen molar-refractivity contribution in [1.29, 1.82) is 0 Å². The first-order valence-corrected chi connectivity index (χ1v) is 7.69. The topological polar surface area (TPSA) is 81.6 Å². The molecule has 1 aliphatic carbocycles. The number of furan rings is 1. The van der Waals surface area contributed by atoms with Crippen LogP contribution in [0.25, 0.3) is 16.5 Å². The first-order valence-electron chi connectivity index (χ1n) is 7.69. The summed E-state index contributed by atoms with van der Waals surface area (Å²) in [5.41, 5.74) is 0.679. The summed E-state index contributed by atoms with van der Waals surface area (Å²) in [4.78, 5) is 29.2. The second-order valence-corrected chi connectivity index (χ2v) is 5.89. The van der Waals surface area contributed by atoms with Crippen molar-refractivity contribution in [3.63, 3.8) is 0 Å². The number of pyridine rings is 1. The second kappa shape index (κ2) is 7.04. The maximum absolute atomic E-state index is 12.6. The van der Waals surface area contributed by atoms with E-state index in [0.717, 1.165) is 0 Å². The Morgan fingerprint density at radius 2 is 1.88 bits per heavy atom. The van der Waals surface area contributed by atoms with Crippen LogP contribution < -0.4 is 40.0 Å². The molecule has 0 fully saturated rings. The summed E-state index contributed by atoms with van der Waals surface area (Å²) >= 11 is 0. The first kappa shape index (κ1) is 17.7. The molecule has 6 heteroatoms. The zero-order valence-electron chi connectivity index (χ0n) is 13.7. The minimum Gasteiger partial charge on any atom is -0.656 e. The van der Waals surface area contributed by atoms with Crippen molar-refractivity contribution in [2.75, 3.05) is 0 Å². The number of benzene rings is 1. The molecule has 1 N–H and O–H groups in total. The average molecular weight is 343 g/mol. The predicted molar refractivity (Wildman–Crippen MR) is 88.8 cm³/mol. The van der Waals surface area contributed by atoms with E-state index < -0.39 is 0 Å². The van der Waals surface area contributed by atoms with Gasteiger partial charge in [0.25, 0.3) is 0 Å². The van der Waals surface area contributed by atoms with Gasteiger partial charge < -0.3 is 14.5 Å². The third kappa shape index (κ3) is 3.23. The summed E-state index contributed by atoms with van der Waals surface area (Å²) in [6.07, 6.45) is 2.05. The van der Waals surface area contributed by atoms with Gasteiger partial charge in [-0.1, -0.05) is 24.3 Å². The number of hydrogen-bond acceptors (Lipinski definition) is 4. The number of rotatable bonds is 2. The molecule has 5 nitrogen and oxygen atoms in total. The summed E-state index contributed by atoms with van der Waals surface area (Å²) < 4.78 is 5.34. The van der Waals surface area contributed by atoms with E-state index in [9.17, 15) is 14.7 Å². The number of aliphatic hydroxyl groups is 1. The molecule has 0 radical (unpaired) electrons. The number of para-hydroxylation sites is 1. The van der Waals surface area contributed by atoms with Crippen molar-refractivity contribution < 1.29 is 43.9 Å². The summed E-state index contributed by atoms with van der Waals surface area (Å²) in [6, 6.07) is 11.8. The van der Waals surface area contributed by atoms with Crippen LogP contribution in [0.15, 0.2) is 63.7 Å². The molecule has 4 rings (SSSR count). The van der Waals surface area contributed by atoms with E-state index >= 15 is 0 Å². The molecule has 1 aliphatic rings. The second-order valence-electron chi connectivity index (χ2n) is 5.89. The summed E-state index contributed by atoms with van der Waals surface area (Å²) in [7, 11) is 0. The van der Waals surface area contributed by atoms with Crippen LogP contribution in [-0.2, 0) is 4.79 Å². The van der Waals surface area contributed by atoms with E-state index in [1.54, 1.807) is 42.7 Å². The Hall–Kier alpha value is -2.08. The number of nitrogens with zero attached hydrogens (tertiary/aromatic N) is 1. The van der Waals surface area contributed by atoms with Crippen LogP contribution in [0.1, 0.15) is 30.2 Å². The molecule has 2 heterocycles. The fourth-order valence-corrected chi connectivity index (χ4v) is 3.18. The third-order valence-electron chi connectivity index (χ3n) is 4.32. The van der Waals surface area contributed by atoms with E-state index in [4.69, 9.17) is 4.42 Å². The minimum atomic E-state index is -0.234. The molecule has 1 aromatic carbocycles. The molecule has 0 saturated heterocycles. The monoisotopic (exact) mass is 343 g/mol. The molecule has 0 amide bonds. The molecule has 3 aromatic rings. The first-order chi connectivity index (χ1) is 11.6. The quantitative estimate of drug-likeness (QED) is 0.671. The molecule has 0 saturated carbocycles. The van der Waals surface area contributed by atoms with Gasteiger partial charge in [0.05, 0.1) is 6.26 Å². The van der Waals surface area contributed by atoms with Crippen molar-refractivity contribution in [1.82, 2.24) is 4.98 Å². The molecule has 1 atom stereocenters. The van der Waals surface area contributed by atoms with Gasteiger partial charge in [0, 0.05) is 29.7 Å². The van der Waals surface area contributed by atoms with Crippen molar-refractivity contribution in [2.24, 2.45) is 0 Å². The number of carbonyl (C=O) groups is 1. The van der Waals surface area contributed by atoms with Gasteiger partial charge in [0.2, 0.25) is 0 Å². The molecule has 120 valence electrons. The largest absolute Gasteiger partial charge is 1.00 e. The fourth-order valence-electron chi connectivity index (χ4n) is 3.18. The van der Waals surface area contributed by atoms with Crippen LogP contribution in [0, 0.1) is 0 Å². The zero-order valence-corrected chi connectivity index (χ0v) is 15.7. The molecular weight excluding hydrogens is 329 g/mol. The Bertz CT molecular complexity index is 1020. The average Bonchev–Trinajstić information content (AvgIpc) is 3.09. The fraction of sp³-hybridized carbons (Fsp3) is 0.158. The molecule has 2 aromatic heterocycles. The molecule has 0 spiro atoms. The van der Waals surface area contributed by atoms with Gasteiger partial charge in [-0.05, 0) is 18.2 Å². The standard InChI is InChI=1S/C19H15NO4.Na/c21-15-10-14(20-13-5-2-1-4-12(13)15)19-16(22)8-11(9-17(19)23)18-6-3-7-24-18;/h1-7,10-11H,8-9H2,(H2,20,21,22,23);/q;+1/p-1. The molecule has 1 unspecified atom stereocenters. The number of Topliss-reactive ketones (excluding diaryl/α,β-unsaturated/α-hetero) is 1. The number of hydrogen-bond donors (Lipinski definition) is 1. The van der Waals surface area contributed by atoms with Crippen LogP contribution in [0.2, 0.25) is 0 Å². The third-order valence-corrected chi connectivity index (χ3v) is 4.32. The SMILES string of the molecule is O=C1CC(c2ccco2)CC(O)=C1c1cc(=O)c2ccccc2[n-]1.[Na+]. The van der Waals surface area contributed by atoms with E-state index in [-0.39, 0.29) is 76.6 Å². The van der Waals surface area contributed by atoms with Gasteiger partial charge in [0.15, 0.2) is 11.2 Å². The number of aromatic nitrogens is 1. The molecule has 25 heavy (non-hydrogen) atoms. The van der Waals surface area contributed by atoms with Gasteiger partial charge in [-0.2, -0.15) is 0 Å². The summed E-state index contributed by atoms with van der Waals surface area (Å²) in [5, 5.41) is 10.9. The Labute approximate surface area is 165 Å². The number of fused-ring (bicyclic) bond motifs is 1.